The Hall–Kier alpha value is -2.49. The van der Waals surface area contributed by atoms with Crippen LogP contribution in [0, 0.1) is 0 Å². The van der Waals surface area contributed by atoms with Crippen LogP contribution in [-0.4, -0.2) is 36.8 Å². The third-order valence-electron chi connectivity index (χ3n) is 4.09. The normalized spacial score (nSPS) is 12.4. The molecule has 1 N–H and O–H groups in total. The van der Waals surface area contributed by atoms with Gasteiger partial charge in [-0.3, -0.25) is 14.4 Å². The van der Waals surface area contributed by atoms with E-state index in [1.165, 1.54) is 11.3 Å². The van der Waals surface area contributed by atoms with Gasteiger partial charge in [0.05, 0.1) is 11.9 Å². The number of rotatable bonds is 7. The minimum Gasteiger partial charge on any atom is -0.299 e. The van der Waals surface area contributed by atoms with Gasteiger partial charge in [0.15, 0.2) is 0 Å². The molecule has 1 aromatic heterocycles. The molecule has 3 aromatic rings. The number of halogens is 1. The summed E-state index contributed by atoms with van der Waals surface area (Å²) < 4.78 is 26.0. The molecule has 3 rings (SSSR count). The third kappa shape index (κ3) is 5.11. The fourth-order valence-corrected chi connectivity index (χ4v) is 4.90. The summed E-state index contributed by atoms with van der Waals surface area (Å²) >= 11 is 7.13. The van der Waals surface area contributed by atoms with Crippen molar-refractivity contribution in [2.75, 3.05) is 15.9 Å². The van der Waals surface area contributed by atoms with Crippen LogP contribution in [0.15, 0.2) is 54.6 Å². The maximum atomic E-state index is 12.9. The third-order valence-corrected chi connectivity index (χ3v) is 6.41. The maximum absolute atomic E-state index is 12.9. The van der Waals surface area contributed by atoms with Crippen molar-refractivity contribution < 1.29 is 13.2 Å². The lowest BCUT2D eigenvalue weighted by Gasteiger charge is -2.29. The second-order valence-corrected chi connectivity index (χ2v) is 9.50. The monoisotopic (exact) mass is 450 g/mol. The van der Waals surface area contributed by atoms with Gasteiger partial charge in [-0.25, -0.2) is 8.42 Å². The molecule has 0 aliphatic heterocycles. The molecule has 0 saturated heterocycles. The highest BCUT2D eigenvalue weighted by atomic mass is 35.5. The first-order valence-corrected chi connectivity index (χ1v) is 11.8. The molecule has 0 aliphatic rings. The summed E-state index contributed by atoms with van der Waals surface area (Å²) in [5.74, 6) is -0.483. The van der Waals surface area contributed by atoms with Crippen molar-refractivity contribution in [3.8, 4) is 10.6 Å². The summed E-state index contributed by atoms with van der Waals surface area (Å²) in [4.78, 5) is 12.9. The number of aromatic nitrogens is 2. The minimum absolute atomic E-state index is 0.270. The van der Waals surface area contributed by atoms with E-state index in [1.807, 2.05) is 30.3 Å². The number of hydrogen-bond donors (Lipinski definition) is 1. The van der Waals surface area contributed by atoms with E-state index in [1.54, 1.807) is 31.2 Å². The van der Waals surface area contributed by atoms with E-state index >= 15 is 0 Å². The number of anilines is 2. The molecule has 0 unspecified atom stereocenters. The summed E-state index contributed by atoms with van der Waals surface area (Å²) in [6.07, 6.45) is 1.34. The van der Waals surface area contributed by atoms with Gasteiger partial charge in [-0.2, -0.15) is 0 Å². The van der Waals surface area contributed by atoms with Crippen LogP contribution in [0.25, 0.3) is 10.6 Å². The Morgan fingerprint density at radius 2 is 1.79 bits per heavy atom. The second kappa shape index (κ2) is 8.89. The molecule has 10 heteroatoms. The predicted molar refractivity (Wildman–Crippen MR) is 117 cm³/mol. The van der Waals surface area contributed by atoms with Gasteiger partial charge in [0.2, 0.25) is 21.1 Å². The fourth-order valence-electron chi connectivity index (χ4n) is 2.81. The molecule has 0 bridgehead atoms. The van der Waals surface area contributed by atoms with Crippen molar-refractivity contribution in [2.45, 2.75) is 19.4 Å². The van der Waals surface area contributed by atoms with E-state index in [0.717, 1.165) is 16.1 Å². The highest BCUT2D eigenvalue weighted by Gasteiger charge is 2.32. The van der Waals surface area contributed by atoms with Gasteiger partial charge in [0.1, 0.15) is 11.0 Å². The molecule has 0 spiro atoms. The lowest BCUT2D eigenvalue weighted by atomic mass is 10.2. The summed E-state index contributed by atoms with van der Waals surface area (Å²) in [6.45, 7) is 1.74. The molecular formula is C19H19ClN4O3S2. The van der Waals surface area contributed by atoms with Crippen molar-refractivity contribution in [2.24, 2.45) is 0 Å². The Kier molecular flexibility index (Phi) is 6.51. The number of carbonyl (C=O) groups excluding carboxylic acids is 1. The molecule has 0 radical (unpaired) electrons. The van der Waals surface area contributed by atoms with Gasteiger partial charge in [0, 0.05) is 10.6 Å². The predicted octanol–water partition coefficient (Wildman–Crippen LogP) is 4.04. The molecule has 0 aliphatic carbocycles. The lowest BCUT2D eigenvalue weighted by molar-refractivity contribution is -0.117. The van der Waals surface area contributed by atoms with E-state index in [0.29, 0.717) is 20.8 Å². The largest absolute Gasteiger partial charge is 0.299 e. The van der Waals surface area contributed by atoms with E-state index in [-0.39, 0.29) is 6.42 Å². The van der Waals surface area contributed by atoms with Crippen molar-refractivity contribution in [3.05, 3.63) is 59.6 Å². The summed E-state index contributed by atoms with van der Waals surface area (Å²) in [7, 11) is -3.72. The van der Waals surface area contributed by atoms with Crippen LogP contribution in [0.1, 0.15) is 13.3 Å². The second-order valence-electron chi connectivity index (χ2n) is 6.23. The minimum atomic E-state index is -3.72. The Morgan fingerprint density at radius 3 is 2.38 bits per heavy atom. The zero-order chi connectivity index (χ0) is 21.0. The lowest BCUT2D eigenvalue weighted by Crippen LogP contribution is -2.46. The first-order valence-electron chi connectivity index (χ1n) is 8.74. The molecule has 29 heavy (non-hydrogen) atoms. The highest BCUT2D eigenvalue weighted by molar-refractivity contribution is 7.92. The van der Waals surface area contributed by atoms with E-state index in [9.17, 15) is 13.2 Å². The molecule has 1 atom stereocenters. The average Bonchev–Trinajstić information content (AvgIpc) is 3.15. The highest BCUT2D eigenvalue weighted by Crippen LogP contribution is 2.28. The smallest absolute Gasteiger partial charge is 0.250 e. The first-order chi connectivity index (χ1) is 13.8. The van der Waals surface area contributed by atoms with Crippen LogP contribution in [-0.2, 0) is 14.8 Å². The van der Waals surface area contributed by atoms with Gasteiger partial charge >= 0.3 is 0 Å². The summed E-state index contributed by atoms with van der Waals surface area (Å²) in [5.41, 5.74) is 1.25. The molecule has 1 heterocycles. The number of nitrogens with one attached hydrogen (secondary N) is 1. The molecule has 1 amide bonds. The zero-order valence-electron chi connectivity index (χ0n) is 15.7. The zero-order valence-corrected chi connectivity index (χ0v) is 18.1. The number of sulfonamides is 1. The Bertz CT molecular complexity index is 1090. The van der Waals surface area contributed by atoms with Crippen molar-refractivity contribution in [1.82, 2.24) is 10.2 Å². The topological polar surface area (TPSA) is 92.3 Å². The van der Waals surface area contributed by atoms with Crippen LogP contribution in [0.4, 0.5) is 10.8 Å². The number of nitrogens with zero attached hydrogens (tertiary/aromatic N) is 3. The van der Waals surface area contributed by atoms with E-state index in [2.05, 4.69) is 15.5 Å². The van der Waals surface area contributed by atoms with Crippen LogP contribution >= 0.6 is 22.9 Å². The van der Waals surface area contributed by atoms with Crippen LogP contribution in [0.3, 0.4) is 0 Å². The Morgan fingerprint density at radius 1 is 1.14 bits per heavy atom. The molecule has 2 aromatic carbocycles. The average molecular weight is 451 g/mol. The molecular weight excluding hydrogens is 432 g/mol. The quantitative estimate of drug-likeness (QED) is 0.586. The van der Waals surface area contributed by atoms with E-state index < -0.39 is 22.0 Å². The van der Waals surface area contributed by atoms with Crippen LogP contribution < -0.4 is 9.62 Å². The first kappa shape index (κ1) is 21.2. The van der Waals surface area contributed by atoms with Crippen molar-refractivity contribution >= 4 is 49.7 Å². The molecule has 0 fully saturated rings. The Balaban J connectivity index is 1.85. The number of benzene rings is 2. The number of carbonyl (C=O) groups is 1. The number of amides is 1. The standard InChI is InChI=1S/C19H19ClN4O3S2/c1-3-16(24(29(2,26)27)15-11-9-14(20)10-12-15)17(25)21-19-23-22-18(28-19)13-7-5-4-6-8-13/h4-12,16H,3H2,1-2H3,(H,21,23,25)/t16-/m1/s1. The van der Waals surface area contributed by atoms with Gasteiger partial charge in [-0.05, 0) is 30.7 Å². The maximum Gasteiger partial charge on any atom is 0.250 e. The number of hydrogen-bond acceptors (Lipinski definition) is 6. The van der Waals surface area contributed by atoms with Gasteiger partial charge < -0.3 is 0 Å². The van der Waals surface area contributed by atoms with Gasteiger partial charge in [0.25, 0.3) is 0 Å². The molecule has 0 saturated carbocycles. The Labute approximate surface area is 178 Å². The summed E-state index contributed by atoms with van der Waals surface area (Å²) in [6, 6.07) is 14.8. The van der Waals surface area contributed by atoms with Crippen LogP contribution in [0.5, 0.6) is 0 Å². The molecule has 152 valence electrons. The van der Waals surface area contributed by atoms with Gasteiger partial charge in [-0.1, -0.05) is 60.2 Å². The summed E-state index contributed by atoms with van der Waals surface area (Å²) in [5, 5.41) is 12.2. The fraction of sp³-hybridized carbons (Fsp3) is 0.211. The molecule has 7 nitrogen and oxygen atoms in total. The van der Waals surface area contributed by atoms with E-state index in [4.69, 9.17) is 11.6 Å². The van der Waals surface area contributed by atoms with Crippen molar-refractivity contribution in [1.29, 1.82) is 0 Å². The SMILES string of the molecule is CC[C@H](C(=O)Nc1nnc(-c2ccccc2)s1)N(c1ccc(Cl)cc1)S(C)(=O)=O. The van der Waals surface area contributed by atoms with Gasteiger partial charge in [-0.15, -0.1) is 10.2 Å². The van der Waals surface area contributed by atoms with Crippen molar-refractivity contribution in [3.63, 3.8) is 0 Å². The van der Waals surface area contributed by atoms with Crippen LogP contribution in [0.2, 0.25) is 5.02 Å².